The number of allylic oxidation sites excluding steroid dienone is 3. The smallest absolute Gasteiger partial charge is 0.331 e. The maximum atomic E-state index is 13.4. The van der Waals surface area contributed by atoms with Crippen LogP contribution in [-0.4, -0.2) is 97.8 Å². The monoisotopic (exact) mass is 582 g/mol. The number of hydrogen-bond donors (Lipinski definition) is 5. The van der Waals surface area contributed by atoms with Gasteiger partial charge in [0, 0.05) is 30.6 Å². The Kier molecular flexibility index (Phi) is 7.51. The molecule has 1 unspecified atom stereocenters. The zero-order valence-corrected chi connectivity index (χ0v) is 24.0. The molecule has 0 radical (unpaired) electrons. The van der Waals surface area contributed by atoms with Gasteiger partial charge in [0.05, 0.1) is 12.5 Å². The molecule has 10 nitrogen and oxygen atoms in total. The van der Waals surface area contributed by atoms with E-state index in [4.69, 9.17) is 14.2 Å². The van der Waals surface area contributed by atoms with Crippen molar-refractivity contribution in [2.24, 2.45) is 17.8 Å². The van der Waals surface area contributed by atoms with Crippen molar-refractivity contribution in [2.45, 2.75) is 67.6 Å². The van der Waals surface area contributed by atoms with Gasteiger partial charge in [-0.25, -0.2) is 4.79 Å². The van der Waals surface area contributed by atoms with Crippen LogP contribution in [0.4, 0.5) is 0 Å². The summed E-state index contributed by atoms with van der Waals surface area (Å²) in [6.45, 7) is 7.71. The summed E-state index contributed by atoms with van der Waals surface area (Å²) in [6.07, 6.45) is 1.54. The van der Waals surface area contributed by atoms with Crippen molar-refractivity contribution in [3.63, 3.8) is 0 Å². The normalized spacial score (nSPS) is 44.3. The van der Waals surface area contributed by atoms with Crippen LogP contribution in [0.3, 0.4) is 0 Å². The van der Waals surface area contributed by atoms with Crippen molar-refractivity contribution in [1.82, 2.24) is 0 Å². The molecule has 11 atom stereocenters. The quantitative estimate of drug-likeness (QED) is 0.102. The Hall–Kier alpha value is -2.96. The first-order chi connectivity index (χ1) is 19.8. The summed E-state index contributed by atoms with van der Waals surface area (Å²) in [7, 11) is 1.29. The van der Waals surface area contributed by atoms with Gasteiger partial charge in [-0.3, -0.25) is 4.79 Å². The lowest BCUT2D eigenvalue weighted by atomic mass is 9.54. The number of aliphatic hydroxyl groups excluding tert-OH is 2. The molecule has 0 bridgehead atoms. The van der Waals surface area contributed by atoms with Crippen molar-refractivity contribution in [3.8, 4) is 0 Å². The number of carbonyl (C=O) groups is 2. The van der Waals surface area contributed by atoms with Gasteiger partial charge in [0.15, 0.2) is 11.4 Å². The van der Waals surface area contributed by atoms with Crippen molar-refractivity contribution >= 4 is 17.8 Å². The van der Waals surface area contributed by atoms with Crippen molar-refractivity contribution in [3.05, 3.63) is 77.9 Å². The number of hydrogen-bond acceptors (Lipinski definition) is 10. The van der Waals surface area contributed by atoms with Crippen LogP contribution in [0.15, 0.2) is 72.4 Å². The van der Waals surface area contributed by atoms with Gasteiger partial charge in [0.25, 0.3) is 0 Å². The van der Waals surface area contributed by atoms with Crippen LogP contribution in [0.25, 0.3) is 6.08 Å². The van der Waals surface area contributed by atoms with Crippen molar-refractivity contribution in [2.75, 3.05) is 13.7 Å². The van der Waals surface area contributed by atoms with Crippen molar-refractivity contribution in [1.29, 1.82) is 0 Å². The van der Waals surface area contributed by atoms with Crippen LogP contribution in [0.2, 0.25) is 0 Å². The number of ether oxygens (including phenoxy) is 3. The molecule has 4 aliphatic rings. The van der Waals surface area contributed by atoms with Crippen molar-refractivity contribution < 1.29 is 49.3 Å². The molecule has 10 heteroatoms. The second-order valence-electron chi connectivity index (χ2n) is 11.9. The molecule has 0 spiro atoms. The van der Waals surface area contributed by atoms with Crippen LogP contribution in [-0.2, 0) is 23.8 Å². The Bertz CT molecular complexity index is 1370. The second kappa shape index (κ2) is 10.3. The van der Waals surface area contributed by atoms with Gasteiger partial charge in [0.2, 0.25) is 0 Å². The summed E-state index contributed by atoms with van der Waals surface area (Å²) in [5.41, 5.74) is -7.82. The molecule has 1 aromatic carbocycles. The highest BCUT2D eigenvalue weighted by atomic mass is 16.6. The first-order valence-electron chi connectivity index (χ1n) is 14.0. The molecular weight excluding hydrogens is 544 g/mol. The number of aliphatic hydroxyl groups is 5. The number of fused-ring (bicyclic) bond motifs is 5. The molecule has 1 aliphatic heterocycles. The molecule has 3 aliphatic carbocycles. The minimum absolute atomic E-state index is 0.161. The third-order valence-corrected chi connectivity index (χ3v) is 9.71. The number of esters is 1. The predicted octanol–water partition coefficient (Wildman–Crippen LogP) is 0.868. The van der Waals surface area contributed by atoms with E-state index in [9.17, 15) is 35.1 Å². The van der Waals surface area contributed by atoms with Crippen LogP contribution in [0, 0.1) is 17.8 Å². The Labute approximate surface area is 244 Å². The SMILES string of the molecule is C=C(C)[C@@]1(O)[C@H](OC)[C@@H]2[C@@H]3O[C@]3(CO)[C@@H](O)[C@]3(O)C(=O)C(C)C=C3[C@@]2(O)[C@H](C)[C@H]1OC(=O)C=CC=Cc1ccccc1. The lowest BCUT2D eigenvalue weighted by Gasteiger charge is -2.58. The molecule has 3 fully saturated rings. The number of rotatable bonds is 7. The van der Waals surface area contributed by atoms with Gasteiger partial charge in [-0.2, -0.15) is 0 Å². The zero-order valence-electron chi connectivity index (χ0n) is 24.0. The van der Waals surface area contributed by atoms with Crippen LogP contribution in [0.5, 0.6) is 0 Å². The standard InChI is InChI=1S/C32H38O10/c1-17(2)30(37)25(41-22(34)14-10-9-13-20-11-7-6-8-12-20)19(4)31(38)21-15-18(3)24(35)32(21,39)28(36)29(16-33)26(42-29)23(31)27(30)40-5/h6-15,18-19,23,25-28,33,36-39H,1,16H2,2-5H3/t18?,19-,23+,25-,26+,27-,28-,29+,30+,31+,32-/m1/s1. The summed E-state index contributed by atoms with van der Waals surface area (Å²) < 4.78 is 17.4. The first kappa shape index (κ1) is 30.5. The second-order valence-corrected chi connectivity index (χ2v) is 11.9. The van der Waals surface area contributed by atoms with Gasteiger partial charge in [-0.1, -0.05) is 75.1 Å². The Morgan fingerprint density at radius 2 is 1.79 bits per heavy atom. The lowest BCUT2D eigenvalue weighted by Crippen LogP contribution is -2.74. The lowest BCUT2D eigenvalue weighted by molar-refractivity contribution is -0.261. The van der Waals surface area contributed by atoms with E-state index in [-0.39, 0.29) is 11.1 Å². The Morgan fingerprint density at radius 3 is 2.38 bits per heavy atom. The van der Waals surface area contributed by atoms with E-state index in [0.29, 0.717) is 0 Å². The average Bonchev–Trinajstić information content (AvgIpc) is 3.66. The minimum Gasteiger partial charge on any atom is -0.455 e. The fourth-order valence-electron chi connectivity index (χ4n) is 7.45. The van der Waals surface area contributed by atoms with E-state index in [1.807, 2.05) is 30.3 Å². The Balaban J connectivity index is 1.59. The average molecular weight is 583 g/mol. The summed E-state index contributed by atoms with van der Waals surface area (Å²) in [5.74, 6) is -4.91. The van der Waals surface area contributed by atoms with E-state index in [0.717, 1.165) is 11.6 Å². The minimum atomic E-state index is -2.61. The highest BCUT2D eigenvalue weighted by Crippen LogP contribution is 2.65. The van der Waals surface area contributed by atoms with E-state index in [1.54, 1.807) is 12.2 Å². The summed E-state index contributed by atoms with van der Waals surface area (Å²) in [5, 5.41) is 58.5. The molecule has 226 valence electrons. The van der Waals surface area contributed by atoms with Crippen LogP contribution < -0.4 is 0 Å². The van der Waals surface area contributed by atoms with E-state index >= 15 is 0 Å². The molecule has 2 saturated carbocycles. The van der Waals surface area contributed by atoms with Gasteiger partial charge < -0.3 is 39.7 Å². The third kappa shape index (κ3) is 3.97. The molecule has 0 amide bonds. The third-order valence-electron chi connectivity index (χ3n) is 9.71. The molecule has 42 heavy (non-hydrogen) atoms. The molecule has 1 heterocycles. The highest BCUT2D eigenvalue weighted by molar-refractivity contribution is 5.98. The maximum absolute atomic E-state index is 13.4. The van der Waals surface area contributed by atoms with Gasteiger partial charge in [-0.05, 0) is 18.1 Å². The van der Waals surface area contributed by atoms with E-state index < -0.39 is 82.9 Å². The number of carbonyl (C=O) groups excluding carboxylic acids is 2. The highest BCUT2D eigenvalue weighted by Gasteiger charge is 2.83. The first-order valence-corrected chi connectivity index (χ1v) is 14.0. The summed E-state index contributed by atoms with van der Waals surface area (Å²) >= 11 is 0. The number of ketones is 1. The Morgan fingerprint density at radius 1 is 1.12 bits per heavy atom. The predicted molar refractivity (Wildman–Crippen MR) is 151 cm³/mol. The van der Waals surface area contributed by atoms with Gasteiger partial charge in [-0.15, -0.1) is 0 Å². The molecule has 1 aromatic rings. The largest absolute Gasteiger partial charge is 0.455 e. The molecule has 5 rings (SSSR count). The maximum Gasteiger partial charge on any atom is 0.331 e. The summed E-state index contributed by atoms with van der Waals surface area (Å²) in [4.78, 5) is 26.5. The topological polar surface area (TPSA) is 166 Å². The molecule has 5 N–H and O–H groups in total. The number of epoxide rings is 1. The van der Waals surface area contributed by atoms with E-state index in [1.165, 1.54) is 40.0 Å². The van der Waals surface area contributed by atoms with Gasteiger partial charge in [0.1, 0.15) is 41.2 Å². The number of Topliss-reactive ketones (excluding diaryl/α,β-unsaturated/α-hetero) is 1. The molecule has 1 saturated heterocycles. The van der Waals surface area contributed by atoms with Crippen LogP contribution in [0.1, 0.15) is 26.3 Å². The molecular formula is C32H38O10. The van der Waals surface area contributed by atoms with E-state index in [2.05, 4.69) is 6.58 Å². The van der Waals surface area contributed by atoms with Crippen LogP contribution >= 0.6 is 0 Å². The number of methoxy groups -OCH3 is 1. The van der Waals surface area contributed by atoms with Gasteiger partial charge >= 0.3 is 5.97 Å². The number of benzene rings is 1. The fourth-order valence-corrected chi connectivity index (χ4v) is 7.45. The molecule has 0 aromatic heterocycles. The zero-order chi connectivity index (χ0) is 30.8. The fraction of sp³-hybridized carbons (Fsp3) is 0.500. The summed E-state index contributed by atoms with van der Waals surface area (Å²) in [6, 6.07) is 9.43.